The molecule has 1 amide bonds. The van der Waals surface area contributed by atoms with Crippen LogP contribution in [0.3, 0.4) is 0 Å². The van der Waals surface area contributed by atoms with Crippen molar-refractivity contribution in [2.45, 2.75) is 32.4 Å². The van der Waals surface area contributed by atoms with Gasteiger partial charge in [0.05, 0.1) is 18.7 Å². The largest absolute Gasteiger partial charge is 0.497 e. The van der Waals surface area contributed by atoms with Crippen molar-refractivity contribution in [2.75, 3.05) is 33.8 Å². The summed E-state index contributed by atoms with van der Waals surface area (Å²) in [4.78, 5) is 17.4. The summed E-state index contributed by atoms with van der Waals surface area (Å²) in [6, 6.07) is 13.9. The fourth-order valence-corrected chi connectivity index (χ4v) is 4.23. The Bertz CT molecular complexity index is 895. The molecule has 0 saturated carbocycles. The molecule has 0 aliphatic carbocycles. The number of hydrogen-bond acceptors (Lipinski definition) is 4. The number of ether oxygens (including phenoxy) is 2. The molecular formula is C24H30N2O3. The van der Waals surface area contributed by atoms with Gasteiger partial charge in [-0.25, -0.2) is 0 Å². The molecule has 2 atom stereocenters. The third kappa shape index (κ3) is 3.97. The van der Waals surface area contributed by atoms with E-state index >= 15 is 0 Å². The van der Waals surface area contributed by atoms with E-state index in [2.05, 4.69) is 18.7 Å². The molecule has 2 aliphatic rings. The molecule has 0 radical (unpaired) electrons. The van der Waals surface area contributed by atoms with Crippen LogP contribution >= 0.6 is 0 Å². The maximum Gasteiger partial charge on any atom is 0.257 e. The normalized spacial score (nSPS) is 21.6. The zero-order valence-electron chi connectivity index (χ0n) is 17.7. The van der Waals surface area contributed by atoms with Gasteiger partial charge in [-0.1, -0.05) is 32.0 Å². The number of benzene rings is 2. The van der Waals surface area contributed by atoms with Crippen LogP contribution in [0.2, 0.25) is 0 Å². The van der Waals surface area contributed by atoms with Gasteiger partial charge in [-0.3, -0.25) is 9.69 Å². The number of rotatable bonds is 5. The van der Waals surface area contributed by atoms with E-state index in [-0.39, 0.29) is 18.1 Å². The van der Waals surface area contributed by atoms with E-state index in [1.165, 1.54) is 0 Å². The molecule has 5 nitrogen and oxygen atoms in total. The Balaban J connectivity index is 1.62. The molecule has 0 spiro atoms. The van der Waals surface area contributed by atoms with Crippen LogP contribution in [0, 0.1) is 5.92 Å². The lowest BCUT2D eigenvalue weighted by Crippen LogP contribution is -2.44. The maximum atomic E-state index is 13.1. The van der Waals surface area contributed by atoms with Gasteiger partial charge in [0.1, 0.15) is 17.6 Å². The fourth-order valence-electron chi connectivity index (χ4n) is 4.23. The van der Waals surface area contributed by atoms with Gasteiger partial charge in [0.15, 0.2) is 0 Å². The summed E-state index contributed by atoms with van der Waals surface area (Å²) in [5, 5.41) is 0. The van der Waals surface area contributed by atoms with Crippen LogP contribution < -0.4 is 9.47 Å². The van der Waals surface area contributed by atoms with Crippen molar-refractivity contribution in [1.82, 2.24) is 9.80 Å². The number of fused-ring (bicyclic) bond motifs is 2. The Morgan fingerprint density at radius 3 is 2.69 bits per heavy atom. The molecule has 29 heavy (non-hydrogen) atoms. The highest BCUT2D eigenvalue weighted by atomic mass is 16.5. The van der Waals surface area contributed by atoms with E-state index in [0.717, 1.165) is 42.9 Å². The first kappa shape index (κ1) is 19.8. The van der Waals surface area contributed by atoms with E-state index in [4.69, 9.17) is 9.47 Å². The summed E-state index contributed by atoms with van der Waals surface area (Å²) >= 11 is 0. The Morgan fingerprint density at radius 2 is 1.93 bits per heavy atom. The van der Waals surface area contributed by atoms with Crippen LogP contribution in [0.5, 0.6) is 11.5 Å². The molecule has 0 unspecified atom stereocenters. The minimum Gasteiger partial charge on any atom is -0.497 e. The molecular weight excluding hydrogens is 364 g/mol. The Hall–Kier alpha value is -2.53. The first-order valence-electron chi connectivity index (χ1n) is 10.4. The second kappa shape index (κ2) is 8.07. The summed E-state index contributed by atoms with van der Waals surface area (Å²) in [6.07, 6.45) is 1.16. The lowest BCUT2D eigenvalue weighted by atomic mass is 10.0. The summed E-state index contributed by atoms with van der Waals surface area (Å²) in [5.41, 5.74) is 2.70. The van der Waals surface area contributed by atoms with E-state index < -0.39 is 0 Å². The maximum absolute atomic E-state index is 13.1. The topological polar surface area (TPSA) is 42.0 Å². The highest BCUT2D eigenvalue weighted by Gasteiger charge is 2.42. The third-order valence-electron chi connectivity index (χ3n) is 6.05. The first-order chi connectivity index (χ1) is 14.0. The average Bonchev–Trinajstić information content (AvgIpc) is 3.10. The quantitative estimate of drug-likeness (QED) is 0.771. The predicted octanol–water partition coefficient (Wildman–Crippen LogP) is 3.93. The van der Waals surface area contributed by atoms with Crippen molar-refractivity contribution in [2.24, 2.45) is 5.92 Å². The second-order valence-electron chi connectivity index (χ2n) is 8.52. The van der Waals surface area contributed by atoms with E-state index in [1.807, 2.05) is 54.4 Å². The highest BCUT2D eigenvalue weighted by molar-refractivity contribution is 5.98. The average molecular weight is 395 g/mol. The van der Waals surface area contributed by atoms with Crippen LogP contribution in [0.1, 0.15) is 30.6 Å². The number of amides is 1. The van der Waals surface area contributed by atoms with E-state index in [1.54, 1.807) is 7.11 Å². The molecule has 4 rings (SSSR count). The van der Waals surface area contributed by atoms with Crippen LogP contribution in [0.15, 0.2) is 42.5 Å². The molecule has 2 aromatic carbocycles. The predicted molar refractivity (Wildman–Crippen MR) is 115 cm³/mol. The Kier molecular flexibility index (Phi) is 5.50. The van der Waals surface area contributed by atoms with E-state index in [0.29, 0.717) is 17.2 Å². The smallest absolute Gasteiger partial charge is 0.257 e. The zero-order valence-corrected chi connectivity index (χ0v) is 17.7. The van der Waals surface area contributed by atoms with Crippen LogP contribution in [0.4, 0.5) is 0 Å². The van der Waals surface area contributed by atoms with Crippen molar-refractivity contribution in [1.29, 1.82) is 0 Å². The fraction of sp³-hybridized carbons (Fsp3) is 0.458. The van der Waals surface area contributed by atoms with Gasteiger partial charge in [0, 0.05) is 20.1 Å². The first-order valence-corrected chi connectivity index (χ1v) is 10.4. The third-order valence-corrected chi connectivity index (χ3v) is 6.05. The van der Waals surface area contributed by atoms with Gasteiger partial charge in [0.25, 0.3) is 5.91 Å². The number of hydrogen-bond donors (Lipinski definition) is 0. The van der Waals surface area contributed by atoms with Gasteiger partial charge in [0.2, 0.25) is 0 Å². The molecule has 0 aromatic heterocycles. The molecule has 2 aromatic rings. The molecule has 154 valence electrons. The summed E-state index contributed by atoms with van der Waals surface area (Å²) in [7, 11) is 3.57. The minimum absolute atomic E-state index is 0.00192. The molecule has 2 aliphatic heterocycles. The Morgan fingerprint density at radius 1 is 1.14 bits per heavy atom. The van der Waals surface area contributed by atoms with Gasteiger partial charge in [-0.15, -0.1) is 0 Å². The molecule has 5 heteroatoms. The monoisotopic (exact) mass is 394 g/mol. The van der Waals surface area contributed by atoms with Gasteiger partial charge < -0.3 is 14.4 Å². The highest BCUT2D eigenvalue weighted by Crippen LogP contribution is 2.35. The summed E-state index contributed by atoms with van der Waals surface area (Å²) in [5.74, 6) is 2.20. The number of nitrogens with zero attached hydrogens (tertiary/aromatic N) is 2. The van der Waals surface area contributed by atoms with Gasteiger partial charge >= 0.3 is 0 Å². The van der Waals surface area contributed by atoms with E-state index in [9.17, 15) is 4.79 Å². The lowest BCUT2D eigenvalue weighted by Gasteiger charge is -2.25. The van der Waals surface area contributed by atoms with Crippen LogP contribution in [0.25, 0.3) is 11.1 Å². The van der Waals surface area contributed by atoms with Crippen molar-refractivity contribution in [3.8, 4) is 22.6 Å². The van der Waals surface area contributed by atoms with Crippen LogP contribution in [-0.4, -0.2) is 61.6 Å². The van der Waals surface area contributed by atoms with Gasteiger partial charge in [-0.2, -0.15) is 0 Å². The molecule has 1 fully saturated rings. The van der Waals surface area contributed by atoms with Gasteiger partial charge in [-0.05, 0) is 54.3 Å². The zero-order chi connectivity index (χ0) is 20.5. The number of carbonyl (C=O) groups is 1. The minimum atomic E-state index is -0.00192. The second-order valence-corrected chi connectivity index (χ2v) is 8.52. The summed E-state index contributed by atoms with van der Waals surface area (Å²) < 4.78 is 11.8. The molecule has 0 bridgehead atoms. The van der Waals surface area contributed by atoms with Crippen LogP contribution in [-0.2, 0) is 0 Å². The lowest BCUT2D eigenvalue weighted by molar-refractivity contribution is 0.0682. The number of likely N-dealkylation sites (N-methyl/N-ethyl adjacent to an activating group) is 1. The number of likely N-dealkylation sites (tertiary alicyclic amines) is 1. The van der Waals surface area contributed by atoms with Crippen molar-refractivity contribution < 1.29 is 14.3 Å². The summed E-state index contributed by atoms with van der Waals surface area (Å²) in [6.45, 7) is 7.27. The van der Waals surface area contributed by atoms with Crippen molar-refractivity contribution in [3.05, 3.63) is 48.0 Å². The Labute approximate surface area is 173 Å². The molecule has 2 heterocycles. The number of methoxy groups -OCH3 is 1. The van der Waals surface area contributed by atoms with Crippen molar-refractivity contribution in [3.63, 3.8) is 0 Å². The standard InChI is InChI=1S/C24H30N2O3/c1-16(2)10-11-26-14-21-23(15-26)29-22-13-18(8-9-20(22)24(27)25(21)3)17-6-5-7-19(12-17)28-4/h5-9,12-13,16,21,23H,10-11,14-15H2,1-4H3/t21-,23+/m1/s1. The SMILES string of the molecule is COc1cccc(-c2ccc3c(c2)O[C@H]2CN(CCC(C)C)C[C@H]2N(C)C3=O)c1. The van der Waals surface area contributed by atoms with Crippen molar-refractivity contribution >= 4 is 5.91 Å². The molecule has 1 saturated heterocycles. The molecule has 0 N–H and O–H groups in total. The number of carbonyl (C=O) groups excluding carboxylic acids is 1.